The number of aryl methyl sites for hydroxylation is 1. The number of rotatable bonds is 5. The van der Waals surface area contributed by atoms with Crippen molar-refractivity contribution in [3.63, 3.8) is 0 Å². The van der Waals surface area contributed by atoms with Crippen molar-refractivity contribution in [3.8, 4) is 11.1 Å². The Bertz CT molecular complexity index is 1370. The number of nitrogens with zero attached hydrogens (tertiary/aromatic N) is 1. The van der Waals surface area contributed by atoms with Crippen LogP contribution < -0.4 is 10.9 Å². The van der Waals surface area contributed by atoms with Gasteiger partial charge in [0.15, 0.2) is 0 Å². The maximum absolute atomic E-state index is 13.2. The van der Waals surface area contributed by atoms with Crippen molar-refractivity contribution in [2.75, 3.05) is 5.32 Å². The SMILES string of the molecule is Cn1cc(-c2cc(S(=N)(=O)C3CC3)ccc2NC2CCC3(CC2)CC3)c2cc[nH]c2c1=O. The van der Waals surface area contributed by atoms with E-state index in [4.69, 9.17) is 4.78 Å². The summed E-state index contributed by atoms with van der Waals surface area (Å²) in [6, 6.07) is 8.17. The Labute approximate surface area is 188 Å². The van der Waals surface area contributed by atoms with Crippen molar-refractivity contribution in [2.45, 2.75) is 67.6 Å². The van der Waals surface area contributed by atoms with E-state index in [2.05, 4.69) is 10.3 Å². The summed E-state index contributed by atoms with van der Waals surface area (Å²) in [5, 5.41) is 4.60. The third-order valence-corrected chi connectivity index (χ3v) is 10.2. The van der Waals surface area contributed by atoms with Crippen LogP contribution in [0.25, 0.3) is 22.0 Å². The molecule has 3 aromatic rings. The van der Waals surface area contributed by atoms with E-state index in [1.54, 1.807) is 17.8 Å². The fourth-order valence-electron chi connectivity index (χ4n) is 5.41. The molecule has 2 heterocycles. The monoisotopic (exact) mass is 450 g/mol. The summed E-state index contributed by atoms with van der Waals surface area (Å²) in [5.74, 6) is 0. The van der Waals surface area contributed by atoms with Crippen LogP contribution in [0.5, 0.6) is 0 Å². The van der Waals surface area contributed by atoms with Gasteiger partial charge >= 0.3 is 0 Å². The van der Waals surface area contributed by atoms with Gasteiger partial charge in [0.1, 0.15) is 5.52 Å². The molecule has 2 aromatic heterocycles. The molecule has 0 radical (unpaired) electrons. The van der Waals surface area contributed by atoms with Gasteiger partial charge in [-0.1, -0.05) is 0 Å². The summed E-state index contributed by atoms with van der Waals surface area (Å²) >= 11 is 0. The van der Waals surface area contributed by atoms with E-state index in [-0.39, 0.29) is 10.8 Å². The lowest BCUT2D eigenvalue weighted by Crippen LogP contribution is -2.27. The van der Waals surface area contributed by atoms with Crippen LogP contribution in [0.1, 0.15) is 51.4 Å². The molecular formula is C25H30N4O2S. The first-order valence-corrected chi connectivity index (χ1v) is 13.3. The van der Waals surface area contributed by atoms with Crippen molar-refractivity contribution in [3.05, 3.63) is 47.0 Å². The molecule has 3 aliphatic carbocycles. The van der Waals surface area contributed by atoms with E-state index in [1.165, 1.54) is 38.5 Å². The maximum atomic E-state index is 13.2. The number of benzene rings is 1. The lowest BCUT2D eigenvalue weighted by Gasteiger charge is -2.30. The number of nitrogens with one attached hydrogen (secondary N) is 3. The number of fused-ring (bicyclic) bond motifs is 1. The van der Waals surface area contributed by atoms with Crippen LogP contribution in [-0.2, 0) is 16.8 Å². The maximum Gasteiger partial charge on any atom is 0.274 e. The van der Waals surface area contributed by atoms with Crippen LogP contribution in [0.15, 0.2) is 46.3 Å². The summed E-state index contributed by atoms with van der Waals surface area (Å²) < 4.78 is 23.4. The topological polar surface area (TPSA) is 90.7 Å². The van der Waals surface area contributed by atoms with Gasteiger partial charge in [0, 0.05) is 57.8 Å². The molecule has 1 aromatic carbocycles. The summed E-state index contributed by atoms with van der Waals surface area (Å²) in [5.41, 5.74) is 3.99. The molecule has 168 valence electrons. The van der Waals surface area contributed by atoms with Gasteiger partial charge in [-0.2, -0.15) is 0 Å². The second-order valence-corrected chi connectivity index (χ2v) is 12.5. The third-order valence-electron chi connectivity index (χ3n) is 7.88. The first kappa shape index (κ1) is 20.1. The minimum atomic E-state index is -2.82. The molecule has 3 saturated carbocycles. The highest BCUT2D eigenvalue weighted by atomic mass is 32.2. The van der Waals surface area contributed by atoms with Crippen LogP contribution in [0.4, 0.5) is 5.69 Å². The highest BCUT2D eigenvalue weighted by Crippen LogP contribution is 2.56. The van der Waals surface area contributed by atoms with E-state index >= 15 is 0 Å². The average molecular weight is 451 g/mol. The quantitative estimate of drug-likeness (QED) is 0.497. The zero-order chi connectivity index (χ0) is 22.1. The Hall–Kier alpha value is -2.54. The van der Waals surface area contributed by atoms with Gasteiger partial charge in [-0.15, -0.1) is 0 Å². The Kier molecular flexibility index (Phi) is 4.38. The Morgan fingerprint density at radius 3 is 2.53 bits per heavy atom. The highest BCUT2D eigenvalue weighted by molar-refractivity contribution is 7.93. The standard InChI is InChI=1S/C25H30N4O2S/c1-29-15-21(19-8-13-27-23(19)24(29)30)20-14-18(32(26,31)17-2-3-17)4-5-22(20)28-16-6-9-25(10-7-16)11-12-25/h4-5,8,13-17,26-28H,2-3,6-7,9-12H2,1H3. The predicted molar refractivity (Wildman–Crippen MR) is 129 cm³/mol. The molecule has 1 unspecified atom stereocenters. The zero-order valence-electron chi connectivity index (χ0n) is 18.4. The zero-order valence-corrected chi connectivity index (χ0v) is 19.3. The number of hydrogen-bond acceptors (Lipinski definition) is 4. The lowest BCUT2D eigenvalue weighted by molar-refractivity contribution is 0.317. The van der Waals surface area contributed by atoms with Gasteiger partial charge < -0.3 is 14.9 Å². The number of pyridine rings is 1. The molecular weight excluding hydrogens is 420 g/mol. The molecule has 3 N–H and O–H groups in total. The lowest BCUT2D eigenvalue weighted by atomic mass is 9.83. The molecule has 6 rings (SSSR count). The van der Waals surface area contributed by atoms with Gasteiger partial charge in [0.25, 0.3) is 5.56 Å². The van der Waals surface area contributed by atoms with Crippen LogP contribution in [-0.4, -0.2) is 25.1 Å². The minimum absolute atomic E-state index is 0.0327. The van der Waals surface area contributed by atoms with E-state index < -0.39 is 9.73 Å². The van der Waals surface area contributed by atoms with Gasteiger partial charge in [-0.3, -0.25) is 4.79 Å². The van der Waals surface area contributed by atoms with Gasteiger partial charge in [0.05, 0.1) is 9.73 Å². The number of H-pyrrole nitrogens is 1. The fourth-order valence-corrected chi connectivity index (χ4v) is 7.16. The molecule has 0 saturated heterocycles. The molecule has 1 atom stereocenters. The van der Waals surface area contributed by atoms with Gasteiger partial charge in [-0.05, 0) is 81.0 Å². The molecule has 32 heavy (non-hydrogen) atoms. The van der Waals surface area contributed by atoms with Gasteiger partial charge in [0.2, 0.25) is 0 Å². The summed E-state index contributed by atoms with van der Waals surface area (Å²) in [6.45, 7) is 0. The first-order valence-electron chi connectivity index (χ1n) is 11.7. The minimum Gasteiger partial charge on any atom is -0.382 e. The van der Waals surface area contributed by atoms with E-state index in [0.717, 1.165) is 35.0 Å². The van der Waals surface area contributed by atoms with Gasteiger partial charge in [-0.25, -0.2) is 8.99 Å². The first-order chi connectivity index (χ1) is 15.4. The largest absolute Gasteiger partial charge is 0.382 e. The molecule has 0 bridgehead atoms. The van der Waals surface area contributed by atoms with Crippen molar-refractivity contribution >= 4 is 26.3 Å². The average Bonchev–Trinajstić information content (AvgIpc) is 3.72. The predicted octanol–water partition coefficient (Wildman–Crippen LogP) is 5.24. The van der Waals surface area contributed by atoms with Crippen molar-refractivity contribution < 1.29 is 4.21 Å². The number of hydrogen-bond donors (Lipinski definition) is 3. The second-order valence-electron chi connectivity index (χ2n) is 10.2. The molecule has 6 nitrogen and oxygen atoms in total. The normalized spacial score (nSPS) is 22.2. The summed E-state index contributed by atoms with van der Waals surface area (Å²) in [7, 11) is -1.05. The highest BCUT2D eigenvalue weighted by Gasteiger charge is 2.44. The van der Waals surface area contributed by atoms with Crippen LogP contribution in [0.2, 0.25) is 0 Å². The van der Waals surface area contributed by atoms with Crippen molar-refractivity contribution in [1.29, 1.82) is 4.78 Å². The number of aromatic nitrogens is 2. The molecule has 0 aliphatic heterocycles. The molecule has 1 spiro atoms. The van der Waals surface area contributed by atoms with Crippen molar-refractivity contribution in [1.82, 2.24) is 9.55 Å². The van der Waals surface area contributed by atoms with Crippen LogP contribution in [0.3, 0.4) is 0 Å². The summed E-state index contributed by atoms with van der Waals surface area (Å²) in [6.07, 6.45) is 13.1. The smallest absolute Gasteiger partial charge is 0.274 e. The van der Waals surface area contributed by atoms with Crippen LogP contribution in [0, 0.1) is 10.2 Å². The Morgan fingerprint density at radius 2 is 1.84 bits per heavy atom. The van der Waals surface area contributed by atoms with E-state index in [9.17, 15) is 9.00 Å². The molecule has 3 aliphatic rings. The number of anilines is 1. The van der Waals surface area contributed by atoms with E-state index in [0.29, 0.717) is 21.9 Å². The van der Waals surface area contributed by atoms with Crippen LogP contribution >= 0.6 is 0 Å². The Morgan fingerprint density at radius 1 is 1.09 bits per heavy atom. The van der Waals surface area contributed by atoms with Crippen molar-refractivity contribution in [2.24, 2.45) is 12.5 Å². The fraction of sp³-hybridized carbons (Fsp3) is 0.480. The number of aromatic amines is 1. The van der Waals surface area contributed by atoms with E-state index in [1.807, 2.05) is 30.5 Å². The third kappa shape index (κ3) is 3.29. The summed E-state index contributed by atoms with van der Waals surface area (Å²) in [4.78, 5) is 16.3. The molecule has 3 fully saturated rings. The molecule has 0 amide bonds. The second kappa shape index (κ2) is 6.98. The molecule has 7 heteroatoms. The Balaban J connectivity index is 1.46.